The maximum absolute atomic E-state index is 2.49. The average molecular weight is 650 g/mol. The van der Waals surface area contributed by atoms with E-state index in [0.717, 1.165) is 17.1 Å². The summed E-state index contributed by atoms with van der Waals surface area (Å²) in [5.74, 6) is 0. The van der Waals surface area contributed by atoms with Crippen molar-refractivity contribution in [2.75, 3.05) is 0 Å². The molecule has 0 aliphatic heterocycles. The molecule has 8 aromatic carbocycles. The van der Waals surface area contributed by atoms with Crippen molar-refractivity contribution in [3.63, 3.8) is 0 Å². The third-order valence-corrected chi connectivity index (χ3v) is 10.6. The maximum atomic E-state index is 2.49. The lowest BCUT2D eigenvalue weighted by Gasteiger charge is -2.13. The van der Waals surface area contributed by atoms with Gasteiger partial charge in [-0.2, -0.15) is 0 Å². The lowest BCUT2D eigenvalue weighted by atomic mass is 10.1. The summed E-state index contributed by atoms with van der Waals surface area (Å²) >= 11 is 0. The van der Waals surface area contributed by atoms with E-state index in [1.54, 1.807) is 0 Å². The van der Waals surface area contributed by atoms with Gasteiger partial charge in [0.1, 0.15) is 0 Å². The van der Waals surface area contributed by atoms with Crippen LogP contribution in [0.25, 0.3) is 93.6 Å². The van der Waals surface area contributed by atoms with Crippen molar-refractivity contribution in [3.05, 3.63) is 188 Å². The molecule has 0 radical (unpaired) electrons. The first-order valence-electron chi connectivity index (χ1n) is 17.5. The molecular weight excluding hydrogens is 619 g/mol. The lowest BCUT2D eigenvalue weighted by Crippen LogP contribution is -1.99. The molecule has 0 aliphatic carbocycles. The lowest BCUT2D eigenvalue weighted by molar-refractivity contribution is 1.15. The summed E-state index contributed by atoms with van der Waals surface area (Å²) in [7, 11) is 0. The molecule has 238 valence electrons. The summed E-state index contributed by atoms with van der Waals surface area (Å²) in [6.45, 7) is 0. The van der Waals surface area contributed by atoms with Crippen LogP contribution in [0.2, 0.25) is 0 Å². The number of rotatable bonds is 4. The molecule has 0 unspecified atom stereocenters. The monoisotopic (exact) mass is 649 g/mol. The Bertz CT molecular complexity index is 3120. The van der Waals surface area contributed by atoms with Crippen LogP contribution in [0.4, 0.5) is 0 Å². The van der Waals surface area contributed by atoms with Crippen LogP contribution in [-0.2, 0) is 0 Å². The van der Waals surface area contributed by atoms with Crippen LogP contribution in [0, 0.1) is 0 Å². The summed E-state index contributed by atoms with van der Waals surface area (Å²) in [4.78, 5) is 0. The van der Waals surface area contributed by atoms with Gasteiger partial charge in [0, 0.05) is 49.4 Å². The molecular formula is C48H31N3. The Morgan fingerprint density at radius 2 is 0.686 bits per heavy atom. The van der Waals surface area contributed by atoms with Crippen LogP contribution in [-0.4, -0.2) is 13.7 Å². The highest BCUT2D eigenvalue weighted by molar-refractivity contribution is 6.24. The van der Waals surface area contributed by atoms with E-state index in [4.69, 9.17) is 0 Å². The first-order valence-corrected chi connectivity index (χ1v) is 17.5. The second-order valence-corrected chi connectivity index (χ2v) is 13.4. The van der Waals surface area contributed by atoms with Crippen LogP contribution in [0.1, 0.15) is 0 Å². The predicted octanol–water partition coefficient (Wildman–Crippen LogP) is 12.6. The molecule has 11 rings (SSSR count). The number of nitrogens with zero attached hydrogens (tertiary/aromatic N) is 3. The average Bonchev–Trinajstić information content (AvgIpc) is 3.84. The Morgan fingerprint density at radius 1 is 0.235 bits per heavy atom. The Kier molecular flexibility index (Phi) is 5.96. The first-order chi connectivity index (χ1) is 25.3. The summed E-state index contributed by atoms with van der Waals surface area (Å²) < 4.78 is 7.36. The second kappa shape index (κ2) is 10.8. The highest BCUT2D eigenvalue weighted by Crippen LogP contribution is 2.43. The number of benzene rings is 8. The number of aromatic nitrogens is 3. The van der Waals surface area contributed by atoms with E-state index in [1.807, 2.05) is 0 Å². The summed E-state index contributed by atoms with van der Waals surface area (Å²) in [6.07, 6.45) is 0. The third-order valence-electron chi connectivity index (χ3n) is 10.6. The fourth-order valence-corrected chi connectivity index (χ4v) is 8.45. The summed E-state index contributed by atoms with van der Waals surface area (Å²) in [5.41, 5.74) is 13.1. The molecule has 0 saturated heterocycles. The Labute approximate surface area is 294 Å². The number of para-hydroxylation sites is 4. The zero-order chi connectivity index (χ0) is 33.5. The molecule has 0 saturated carbocycles. The molecule has 3 heterocycles. The van der Waals surface area contributed by atoms with Crippen molar-refractivity contribution in [3.8, 4) is 28.2 Å². The van der Waals surface area contributed by atoms with E-state index in [-0.39, 0.29) is 0 Å². The fourth-order valence-electron chi connectivity index (χ4n) is 8.45. The van der Waals surface area contributed by atoms with Crippen LogP contribution in [0.3, 0.4) is 0 Å². The Hall–Kier alpha value is -6.84. The van der Waals surface area contributed by atoms with Gasteiger partial charge in [-0.1, -0.05) is 127 Å². The standard InChI is InChI=1S/C48H31N3/c1-3-14-32(15-4-1)33-16-13-19-35(30-33)49-43-23-10-9-22-39(43)42-31-36(26-29-46(42)49)51-45-25-12-8-21-38(45)41-28-27-40-37-20-7-11-24-44(37)50(47(40)48(41)51)34-17-5-2-6-18-34/h1-31H. The van der Waals surface area contributed by atoms with E-state index < -0.39 is 0 Å². The van der Waals surface area contributed by atoms with E-state index in [9.17, 15) is 0 Å². The number of hydrogen-bond donors (Lipinski definition) is 0. The highest BCUT2D eigenvalue weighted by atomic mass is 15.0. The highest BCUT2D eigenvalue weighted by Gasteiger charge is 2.22. The quantitative estimate of drug-likeness (QED) is 0.180. The molecule has 0 fully saturated rings. The van der Waals surface area contributed by atoms with Crippen molar-refractivity contribution in [1.29, 1.82) is 0 Å². The predicted molar refractivity (Wildman–Crippen MR) is 215 cm³/mol. The zero-order valence-corrected chi connectivity index (χ0v) is 27.7. The molecule has 0 spiro atoms. The van der Waals surface area contributed by atoms with Crippen molar-refractivity contribution in [2.45, 2.75) is 0 Å². The van der Waals surface area contributed by atoms with Crippen molar-refractivity contribution >= 4 is 65.4 Å². The number of fused-ring (bicyclic) bond motifs is 10. The van der Waals surface area contributed by atoms with E-state index in [1.165, 1.54) is 76.5 Å². The molecule has 0 amide bonds. The molecule has 0 atom stereocenters. The summed E-state index contributed by atoms with van der Waals surface area (Å²) in [6, 6.07) is 68.4. The summed E-state index contributed by atoms with van der Waals surface area (Å²) in [5, 5.41) is 7.48. The Balaban J connectivity index is 1.23. The molecule has 11 aromatic rings. The van der Waals surface area contributed by atoms with Crippen molar-refractivity contribution in [1.82, 2.24) is 13.7 Å². The van der Waals surface area contributed by atoms with Gasteiger partial charge in [-0.15, -0.1) is 0 Å². The molecule has 51 heavy (non-hydrogen) atoms. The van der Waals surface area contributed by atoms with Gasteiger partial charge in [0.05, 0.1) is 33.1 Å². The third kappa shape index (κ3) is 4.06. The molecule has 0 aliphatic rings. The van der Waals surface area contributed by atoms with E-state index in [0.29, 0.717) is 0 Å². The normalized spacial score (nSPS) is 11.9. The fraction of sp³-hybridized carbons (Fsp3) is 0. The van der Waals surface area contributed by atoms with Gasteiger partial charge in [0.2, 0.25) is 0 Å². The van der Waals surface area contributed by atoms with Crippen molar-refractivity contribution < 1.29 is 0 Å². The second-order valence-electron chi connectivity index (χ2n) is 13.4. The van der Waals surface area contributed by atoms with Crippen LogP contribution in [0.5, 0.6) is 0 Å². The molecule has 0 N–H and O–H groups in total. The molecule has 3 nitrogen and oxygen atoms in total. The SMILES string of the molecule is c1ccc(-c2cccc(-n3c4ccccc4c4cc(-n5c6ccccc6c6ccc7c8ccccc8n(-c8ccccc8)c7c65)ccc43)c2)cc1. The van der Waals surface area contributed by atoms with Gasteiger partial charge in [0.15, 0.2) is 0 Å². The number of hydrogen-bond acceptors (Lipinski definition) is 0. The van der Waals surface area contributed by atoms with Gasteiger partial charge in [-0.05, 0) is 71.8 Å². The van der Waals surface area contributed by atoms with E-state index in [2.05, 4.69) is 202 Å². The van der Waals surface area contributed by atoms with Crippen LogP contribution in [0.15, 0.2) is 188 Å². The molecule has 0 bridgehead atoms. The van der Waals surface area contributed by atoms with E-state index >= 15 is 0 Å². The topological polar surface area (TPSA) is 14.8 Å². The van der Waals surface area contributed by atoms with Gasteiger partial charge in [-0.3, -0.25) is 0 Å². The zero-order valence-electron chi connectivity index (χ0n) is 27.7. The minimum atomic E-state index is 1.15. The van der Waals surface area contributed by atoms with Gasteiger partial charge in [0.25, 0.3) is 0 Å². The minimum Gasteiger partial charge on any atom is -0.309 e. The smallest absolute Gasteiger partial charge is 0.0788 e. The van der Waals surface area contributed by atoms with Crippen LogP contribution < -0.4 is 0 Å². The first kappa shape index (κ1) is 28.0. The Morgan fingerprint density at radius 3 is 1.33 bits per heavy atom. The molecule has 3 aromatic heterocycles. The maximum Gasteiger partial charge on any atom is 0.0788 e. The molecule has 3 heteroatoms. The van der Waals surface area contributed by atoms with Gasteiger partial charge >= 0.3 is 0 Å². The van der Waals surface area contributed by atoms with Crippen molar-refractivity contribution in [2.24, 2.45) is 0 Å². The van der Waals surface area contributed by atoms with Gasteiger partial charge < -0.3 is 13.7 Å². The minimum absolute atomic E-state index is 1.15. The van der Waals surface area contributed by atoms with Gasteiger partial charge in [-0.25, -0.2) is 0 Å². The van der Waals surface area contributed by atoms with Crippen LogP contribution >= 0.6 is 0 Å². The largest absolute Gasteiger partial charge is 0.309 e.